The third kappa shape index (κ3) is 5.39. The van der Waals surface area contributed by atoms with Crippen LogP contribution in [0.15, 0.2) is 36.5 Å². The minimum Gasteiger partial charge on any atom is -0.487 e. The normalized spacial score (nSPS) is 16.2. The molecule has 0 saturated carbocycles. The number of aliphatic hydroxyl groups excluding tert-OH is 2. The van der Waals surface area contributed by atoms with Crippen molar-refractivity contribution < 1.29 is 24.5 Å². The number of ether oxygens (including phenoxy) is 2. The first-order valence-electron chi connectivity index (χ1n) is 12.5. The standard InChI is InChI=1S/C29H37NO5/c1-17(2)26-23(11-10-20(31)13-21(32)14-25(33)34-5)28-19(15-29(3,4)35-28)12-24(26)27-22-9-7-6-8-18(22)16-30-27/h6-9,12,16-17,20-21,30-32H,10-11,13-15H2,1-5H3. The molecule has 4 rings (SSSR count). The molecule has 6 nitrogen and oxygen atoms in total. The average molecular weight is 480 g/mol. The van der Waals surface area contributed by atoms with Gasteiger partial charge in [0.2, 0.25) is 0 Å². The van der Waals surface area contributed by atoms with Gasteiger partial charge in [0.1, 0.15) is 11.4 Å². The van der Waals surface area contributed by atoms with Crippen LogP contribution in [-0.4, -0.2) is 46.1 Å². The second-order valence-electron chi connectivity index (χ2n) is 10.6. The van der Waals surface area contributed by atoms with Crippen molar-refractivity contribution in [3.63, 3.8) is 0 Å². The number of esters is 1. The zero-order chi connectivity index (χ0) is 25.3. The molecule has 6 heteroatoms. The number of H-pyrrole nitrogens is 1. The predicted octanol–water partition coefficient (Wildman–Crippen LogP) is 5.28. The van der Waals surface area contributed by atoms with Gasteiger partial charge in [0.15, 0.2) is 0 Å². The number of hydrogen-bond donors (Lipinski definition) is 3. The van der Waals surface area contributed by atoms with Gasteiger partial charge in [-0.3, -0.25) is 4.79 Å². The van der Waals surface area contributed by atoms with E-state index in [1.54, 1.807) is 0 Å². The molecule has 1 aliphatic heterocycles. The second kappa shape index (κ2) is 10.0. The molecule has 0 radical (unpaired) electrons. The topological polar surface area (TPSA) is 91.8 Å². The summed E-state index contributed by atoms with van der Waals surface area (Å²) in [5, 5.41) is 23.2. The minimum atomic E-state index is -0.931. The van der Waals surface area contributed by atoms with Crippen LogP contribution in [0.25, 0.3) is 22.0 Å². The highest BCUT2D eigenvalue weighted by Crippen LogP contribution is 2.46. The van der Waals surface area contributed by atoms with Crippen molar-refractivity contribution in [3.05, 3.63) is 53.2 Å². The molecule has 0 saturated heterocycles. The van der Waals surface area contributed by atoms with E-state index in [-0.39, 0.29) is 24.4 Å². The van der Waals surface area contributed by atoms with Gasteiger partial charge in [-0.15, -0.1) is 0 Å². The van der Waals surface area contributed by atoms with Crippen LogP contribution in [0.4, 0.5) is 0 Å². The number of carbonyl (C=O) groups excluding carboxylic acids is 1. The Morgan fingerprint density at radius 1 is 1.20 bits per heavy atom. The molecule has 2 aromatic carbocycles. The summed E-state index contributed by atoms with van der Waals surface area (Å²) in [6.07, 6.45) is 2.28. The van der Waals surface area contributed by atoms with E-state index in [0.717, 1.165) is 23.4 Å². The molecule has 0 spiro atoms. The lowest BCUT2D eigenvalue weighted by molar-refractivity contribution is -0.143. The summed E-state index contributed by atoms with van der Waals surface area (Å²) in [5.74, 6) is 0.688. The molecule has 3 aromatic rings. The summed E-state index contributed by atoms with van der Waals surface area (Å²) in [7, 11) is 1.29. The van der Waals surface area contributed by atoms with Crippen molar-refractivity contribution >= 4 is 16.7 Å². The maximum atomic E-state index is 11.5. The van der Waals surface area contributed by atoms with Gasteiger partial charge in [0.05, 0.1) is 31.4 Å². The van der Waals surface area contributed by atoms with E-state index in [1.165, 1.54) is 34.6 Å². The fourth-order valence-corrected chi connectivity index (χ4v) is 5.34. The number of methoxy groups -OCH3 is 1. The van der Waals surface area contributed by atoms with Crippen molar-refractivity contribution in [1.29, 1.82) is 0 Å². The lowest BCUT2D eigenvalue weighted by atomic mass is 9.84. The number of benzene rings is 2. The zero-order valence-corrected chi connectivity index (χ0v) is 21.4. The highest BCUT2D eigenvalue weighted by atomic mass is 16.5. The van der Waals surface area contributed by atoms with E-state index in [2.05, 4.69) is 67.9 Å². The van der Waals surface area contributed by atoms with Crippen LogP contribution in [-0.2, 0) is 22.4 Å². The SMILES string of the molecule is COC(=O)CC(O)CC(O)CCc1c2c(cc(-c3[nH]cc4ccccc34)c1C(C)C)CC(C)(C)O2. The van der Waals surface area contributed by atoms with E-state index in [0.29, 0.717) is 12.8 Å². The number of hydrogen-bond acceptors (Lipinski definition) is 5. The molecule has 188 valence electrons. The van der Waals surface area contributed by atoms with Gasteiger partial charge in [-0.1, -0.05) is 38.1 Å². The monoisotopic (exact) mass is 479 g/mol. The molecule has 0 fully saturated rings. The number of aliphatic hydroxyl groups is 2. The Balaban J connectivity index is 1.71. The molecule has 0 aliphatic carbocycles. The quantitative estimate of drug-likeness (QED) is 0.363. The van der Waals surface area contributed by atoms with E-state index in [4.69, 9.17) is 4.74 Å². The maximum Gasteiger partial charge on any atom is 0.308 e. The Bertz CT molecular complexity index is 1210. The summed E-state index contributed by atoms with van der Waals surface area (Å²) >= 11 is 0. The third-order valence-electron chi connectivity index (χ3n) is 6.84. The van der Waals surface area contributed by atoms with Gasteiger partial charge in [-0.25, -0.2) is 0 Å². The van der Waals surface area contributed by atoms with Crippen LogP contribution in [0.5, 0.6) is 5.75 Å². The molecular formula is C29H37NO5. The van der Waals surface area contributed by atoms with Crippen LogP contribution >= 0.6 is 0 Å². The summed E-state index contributed by atoms with van der Waals surface area (Å²) in [5.41, 5.74) is 5.51. The average Bonchev–Trinajstić information content (AvgIpc) is 3.35. The maximum absolute atomic E-state index is 11.5. The first-order valence-corrected chi connectivity index (χ1v) is 12.5. The van der Waals surface area contributed by atoms with E-state index >= 15 is 0 Å². The molecule has 1 aliphatic rings. The number of rotatable bonds is 9. The van der Waals surface area contributed by atoms with Crippen LogP contribution < -0.4 is 4.74 Å². The third-order valence-corrected chi connectivity index (χ3v) is 6.84. The van der Waals surface area contributed by atoms with E-state index in [9.17, 15) is 15.0 Å². The molecule has 3 N–H and O–H groups in total. The Labute approximate surface area is 207 Å². The largest absolute Gasteiger partial charge is 0.487 e. The van der Waals surface area contributed by atoms with Crippen molar-refractivity contribution in [2.45, 2.75) is 83.5 Å². The van der Waals surface area contributed by atoms with Crippen LogP contribution in [0.1, 0.15) is 69.6 Å². The fourth-order valence-electron chi connectivity index (χ4n) is 5.34. The Morgan fingerprint density at radius 3 is 2.66 bits per heavy atom. The summed E-state index contributed by atoms with van der Waals surface area (Å²) < 4.78 is 11.1. The van der Waals surface area contributed by atoms with Gasteiger partial charge in [0.25, 0.3) is 0 Å². The first kappa shape index (κ1) is 25.3. The second-order valence-corrected chi connectivity index (χ2v) is 10.6. The first-order chi connectivity index (χ1) is 16.6. The number of carbonyl (C=O) groups is 1. The van der Waals surface area contributed by atoms with E-state index < -0.39 is 18.2 Å². The lowest BCUT2D eigenvalue weighted by Gasteiger charge is -2.24. The van der Waals surface area contributed by atoms with Gasteiger partial charge in [-0.2, -0.15) is 0 Å². The van der Waals surface area contributed by atoms with Crippen molar-refractivity contribution in [3.8, 4) is 17.0 Å². The van der Waals surface area contributed by atoms with Gasteiger partial charge in [-0.05, 0) is 67.2 Å². The van der Waals surface area contributed by atoms with E-state index in [1.807, 2.05) is 6.07 Å². The number of aromatic nitrogens is 1. The highest BCUT2D eigenvalue weighted by Gasteiger charge is 2.35. The lowest BCUT2D eigenvalue weighted by Crippen LogP contribution is -2.25. The molecule has 0 amide bonds. The smallest absolute Gasteiger partial charge is 0.308 e. The molecule has 0 bridgehead atoms. The summed E-state index contributed by atoms with van der Waals surface area (Å²) in [4.78, 5) is 15.0. The molecule has 2 unspecified atom stereocenters. The fraction of sp³-hybridized carbons (Fsp3) is 0.483. The summed E-state index contributed by atoms with van der Waals surface area (Å²) in [6, 6.07) is 10.6. The van der Waals surface area contributed by atoms with Gasteiger partial charge >= 0.3 is 5.97 Å². The Kier molecular flexibility index (Phi) is 7.25. The highest BCUT2D eigenvalue weighted by molar-refractivity contribution is 5.97. The zero-order valence-electron chi connectivity index (χ0n) is 21.4. The number of fused-ring (bicyclic) bond motifs is 2. The van der Waals surface area contributed by atoms with Gasteiger partial charge in [0, 0.05) is 23.6 Å². The van der Waals surface area contributed by atoms with Crippen molar-refractivity contribution in [1.82, 2.24) is 4.98 Å². The Morgan fingerprint density at radius 2 is 1.94 bits per heavy atom. The van der Waals surface area contributed by atoms with Gasteiger partial charge < -0.3 is 24.7 Å². The number of nitrogens with one attached hydrogen (secondary N) is 1. The van der Waals surface area contributed by atoms with Crippen LogP contribution in [0.2, 0.25) is 0 Å². The molecule has 2 heterocycles. The molecule has 35 heavy (non-hydrogen) atoms. The van der Waals surface area contributed by atoms with Crippen molar-refractivity contribution in [2.75, 3.05) is 7.11 Å². The molecule has 2 atom stereocenters. The number of aromatic amines is 1. The predicted molar refractivity (Wildman–Crippen MR) is 138 cm³/mol. The van der Waals surface area contributed by atoms with Crippen molar-refractivity contribution in [2.24, 2.45) is 0 Å². The molecule has 1 aromatic heterocycles. The molecular weight excluding hydrogens is 442 g/mol. The minimum absolute atomic E-state index is 0.118. The van der Waals surface area contributed by atoms with Crippen LogP contribution in [0, 0.1) is 0 Å². The van der Waals surface area contributed by atoms with Crippen LogP contribution in [0.3, 0.4) is 0 Å². The Hall–Kier alpha value is -2.83. The summed E-state index contributed by atoms with van der Waals surface area (Å²) in [6.45, 7) is 8.59.